The van der Waals surface area contributed by atoms with Gasteiger partial charge in [0, 0.05) is 31.9 Å². The van der Waals surface area contributed by atoms with Crippen LogP contribution < -0.4 is 10.6 Å². The van der Waals surface area contributed by atoms with Crippen LogP contribution >= 0.6 is 0 Å². The van der Waals surface area contributed by atoms with Gasteiger partial charge in [-0.2, -0.15) is 0 Å². The molecule has 3 atom stereocenters. The molecule has 5 fully saturated rings. The summed E-state index contributed by atoms with van der Waals surface area (Å²) in [5, 5.41) is 17.1. The summed E-state index contributed by atoms with van der Waals surface area (Å²) in [5.74, 6) is 1.78. The van der Waals surface area contributed by atoms with Gasteiger partial charge in [-0.15, -0.1) is 0 Å². The van der Waals surface area contributed by atoms with E-state index in [1.165, 1.54) is 0 Å². The topological polar surface area (TPSA) is 104 Å². The molecule has 4 saturated carbocycles. The number of hydrogen-bond acceptors (Lipinski definition) is 6. The maximum Gasteiger partial charge on any atom is 0.410 e. The Bertz CT molecular complexity index is 912. The Morgan fingerprint density at radius 1 is 1.21 bits per heavy atom. The van der Waals surface area contributed by atoms with Gasteiger partial charge in [-0.1, -0.05) is 20.8 Å². The largest absolute Gasteiger partial charge is 0.446 e. The van der Waals surface area contributed by atoms with Crippen LogP contribution in [0.5, 0.6) is 0 Å². The summed E-state index contributed by atoms with van der Waals surface area (Å²) >= 11 is 0. The van der Waals surface area contributed by atoms with Crippen molar-refractivity contribution in [3.8, 4) is 0 Å². The van der Waals surface area contributed by atoms with E-state index in [0.29, 0.717) is 48.8 Å². The number of hydrogen-bond donors (Lipinski definition) is 3. The summed E-state index contributed by atoms with van der Waals surface area (Å²) < 4.78 is 6.03. The minimum atomic E-state index is -0.516. The lowest BCUT2D eigenvalue weighted by Crippen LogP contribution is -2.58. The molecule has 1 aromatic rings. The minimum Gasteiger partial charge on any atom is -0.446 e. The second-order valence-corrected chi connectivity index (χ2v) is 12.3. The Morgan fingerprint density at radius 3 is 2.56 bits per heavy atom. The molecular weight excluding hydrogens is 432 g/mol. The fraction of sp³-hybridized carbons (Fsp3) is 0.731. The molecular formula is C26H38N4O4. The summed E-state index contributed by atoms with van der Waals surface area (Å²) in [6.07, 6.45) is 6.77. The van der Waals surface area contributed by atoms with Crippen LogP contribution in [0.15, 0.2) is 18.3 Å². The lowest BCUT2D eigenvalue weighted by molar-refractivity contribution is -0.177. The van der Waals surface area contributed by atoms with Gasteiger partial charge in [0.15, 0.2) is 0 Å². The van der Waals surface area contributed by atoms with Crippen molar-refractivity contribution in [2.75, 3.05) is 25.0 Å². The number of amides is 2. The summed E-state index contributed by atoms with van der Waals surface area (Å²) in [5.41, 5.74) is 0.0430. The van der Waals surface area contributed by atoms with E-state index < -0.39 is 5.60 Å². The van der Waals surface area contributed by atoms with Crippen LogP contribution in [-0.2, 0) is 4.74 Å². The van der Waals surface area contributed by atoms with Crippen LogP contribution in [0.2, 0.25) is 0 Å². The number of nitrogens with zero attached hydrogens (tertiary/aromatic N) is 2. The highest BCUT2D eigenvalue weighted by molar-refractivity contribution is 5.94. The Morgan fingerprint density at radius 2 is 1.94 bits per heavy atom. The highest BCUT2D eigenvalue weighted by Crippen LogP contribution is 2.56. The van der Waals surface area contributed by atoms with E-state index in [1.54, 1.807) is 17.2 Å². The van der Waals surface area contributed by atoms with E-state index in [9.17, 15) is 14.7 Å². The third kappa shape index (κ3) is 5.02. The normalized spacial score (nSPS) is 34.2. The average Bonchev–Trinajstić information content (AvgIpc) is 3.22. The predicted octanol–water partition coefficient (Wildman–Crippen LogP) is 3.42. The molecule has 3 N–H and O–H groups in total. The van der Waals surface area contributed by atoms with Crippen LogP contribution in [0.3, 0.4) is 0 Å². The maximum absolute atomic E-state index is 12.9. The molecule has 2 amide bonds. The number of likely N-dealkylation sites (tertiary alicyclic amines) is 1. The summed E-state index contributed by atoms with van der Waals surface area (Å²) in [6, 6.07) is 3.68. The van der Waals surface area contributed by atoms with Gasteiger partial charge in [0.25, 0.3) is 5.91 Å². The standard InChI is InChI=1S/C26H38N4O4/c1-25(2,3)15-28-23(31)17-4-5-21(27-13-17)29-20-6-7-30(14-20)24(32)34-22-18-8-16-9-19(22)12-26(33,10-16)11-18/h4-5,13,16,18-20,22,33H,6-12,14-15H2,1-3H3,(H,27,29)(H,28,31). The number of ether oxygens (including phenoxy) is 1. The first-order valence-corrected chi connectivity index (χ1v) is 12.8. The van der Waals surface area contributed by atoms with Gasteiger partial charge < -0.3 is 25.4 Å². The Balaban J connectivity index is 1.10. The summed E-state index contributed by atoms with van der Waals surface area (Å²) in [6.45, 7) is 8.05. The van der Waals surface area contributed by atoms with Gasteiger partial charge in [-0.3, -0.25) is 4.79 Å². The van der Waals surface area contributed by atoms with Crippen molar-refractivity contribution in [2.45, 2.75) is 77.0 Å². The first-order chi connectivity index (χ1) is 16.1. The van der Waals surface area contributed by atoms with Crippen molar-refractivity contribution in [1.82, 2.24) is 15.2 Å². The van der Waals surface area contributed by atoms with E-state index in [2.05, 4.69) is 36.4 Å². The van der Waals surface area contributed by atoms with Crippen molar-refractivity contribution in [3.63, 3.8) is 0 Å². The van der Waals surface area contributed by atoms with E-state index in [1.807, 2.05) is 6.07 Å². The number of carbonyl (C=O) groups is 2. The molecule has 3 unspecified atom stereocenters. The molecule has 1 aliphatic heterocycles. The Kier molecular flexibility index (Phi) is 5.99. The van der Waals surface area contributed by atoms with Crippen LogP contribution in [-0.4, -0.2) is 64.4 Å². The van der Waals surface area contributed by atoms with Crippen molar-refractivity contribution >= 4 is 17.8 Å². The number of rotatable bonds is 5. The summed E-state index contributed by atoms with van der Waals surface area (Å²) in [4.78, 5) is 31.4. The molecule has 4 aliphatic carbocycles. The van der Waals surface area contributed by atoms with Gasteiger partial charge in [-0.05, 0) is 73.8 Å². The SMILES string of the molecule is CC(C)(C)CNC(=O)c1ccc(NC2CCN(C(=O)OC3C4CC5CC3CC(O)(C5)C4)C2)nc1. The van der Waals surface area contributed by atoms with Gasteiger partial charge >= 0.3 is 6.09 Å². The van der Waals surface area contributed by atoms with Crippen LogP contribution in [0.25, 0.3) is 0 Å². The van der Waals surface area contributed by atoms with E-state index >= 15 is 0 Å². The van der Waals surface area contributed by atoms with Gasteiger partial charge in [0.1, 0.15) is 11.9 Å². The molecule has 6 rings (SSSR count). The molecule has 0 aromatic carbocycles. The van der Waals surface area contributed by atoms with Crippen LogP contribution in [0.4, 0.5) is 10.6 Å². The number of anilines is 1. The molecule has 4 bridgehead atoms. The lowest BCUT2D eigenvalue weighted by Gasteiger charge is -2.57. The van der Waals surface area contributed by atoms with Gasteiger partial charge in [-0.25, -0.2) is 9.78 Å². The number of aromatic nitrogens is 1. The first-order valence-electron chi connectivity index (χ1n) is 12.8. The Hall–Kier alpha value is -2.35. The molecule has 5 aliphatic rings. The predicted molar refractivity (Wildman–Crippen MR) is 128 cm³/mol. The number of aliphatic hydroxyl groups is 1. The van der Waals surface area contributed by atoms with Gasteiger partial charge in [0.2, 0.25) is 0 Å². The van der Waals surface area contributed by atoms with Gasteiger partial charge in [0.05, 0.1) is 11.2 Å². The molecule has 1 saturated heterocycles. The van der Waals surface area contributed by atoms with Crippen molar-refractivity contribution < 1.29 is 19.4 Å². The van der Waals surface area contributed by atoms with Crippen molar-refractivity contribution in [3.05, 3.63) is 23.9 Å². The molecule has 1 aromatic heterocycles. The van der Waals surface area contributed by atoms with Crippen molar-refractivity contribution in [2.24, 2.45) is 23.2 Å². The highest BCUT2D eigenvalue weighted by atomic mass is 16.6. The smallest absolute Gasteiger partial charge is 0.410 e. The second kappa shape index (κ2) is 8.70. The zero-order valence-corrected chi connectivity index (χ0v) is 20.5. The molecule has 0 spiro atoms. The molecule has 8 heteroatoms. The third-order valence-electron chi connectivity index (χ3n) is 7.99. The number of nitrogens with one attached hydrogen (secondary N) is 2. The average molecular weight is 471 g/mol. The molecule has 0 radical (unpaired) electrons. The third-order valence-corrected chi connectivity index (χ3v) is 7.99. The fourth-order valence-electron chi connectivity index (χ4n) is 6.63. The zero-order valence-electron chi connectivity index (χ0n) is 20.5. The van der Waals surface area contributed by atoms with Crippen LogP contribution in [0.1, 0.15) is 69.7 Å². The summed E-state index contributed by atoms with van der Waals surface area (Å²) in [7, 11) is 0. The number of carbonyl (C=O) groups excluding carboxylic acids is 2. The minimum absolute atomic E-state index is 0.0250. The maximum atomic E-state index is 12.9. The fourth-order valence-corrected chi connectivity index (χ4v) is 6.63. The Labute approximate surface area is 201 Å². The van der Waals surface area contributed by atoms with E-state index in [4.69, 9.17) is 4.74 Å². The second-order valence-electron chi connectivity index (χ2n) is 12.3. The zero-order chi connectivity index (χ0) is 24.1. The quantitative estimate of drug-likeness (QED) is 0.609. The molecule has 2 heterocycles. The van der Waals surface area contributed by atoms with Crippen LogP contribution in [0, 0.1) is 23.2 Å². The highest BCUT2D eigenvalue weighted by Gasteiger charge is 2.56. The number of pyridine rings is 1. The van der Waals surface area contributed by atoms with Crippen molar-refractivity contribution in [1.29, 1.82) is 0 Å². The molecule has 186 valence electrons. The monoisotopic (exact) mass is 470 g/mol. The molecule has 34 heavy (non-hydrogen) atoms. The van der Waals surface area contributed by atoms with E-state index in [0.717, 1.165) is 38.5 Å². The molecule has 8 nitrogen and oxygen atoms in total. The van der Waals surface area contributed by atoms with E-state index in [-0.39, 0.29) is 29.6 Å². The first kappa shape index (κ1) is 23.4. The lowest BCUT2D eigenvalue weighted by atomic mass is 9.53.